The number of aryl methyl sites for hydroxylation is 1. The van der Waals surface area contributed by atoms with Crippen molar-refractivity contribution >= 4 is 17.3 Å². The Balaban J connectivity index is 2.17. The van der Waals surface area contributed by atoms with E-state index in [1.165, 1.54) is 5.56 Å². The van der Waals surface area contributed by atoms with Gasteiger partial charge in [-0.05, 0) is 43.5 Å². The van der Waals surface area contributed by atoms with Gasteiger partial charge < -0.3 is 15.8 Å². The van der Waals surface area contributed by atoms with E-state index in [0.717, 1.165) is 24.3 Å². The van der Waals surface area contributed by atoms with E-state index in [0.29, 0.717) is 11.6 Å². The molecule has 1 aromatic carbocycles. The number of amidine groups is 1. The minimum atomic E-state index is 0.0772. The number of anilines is 2. The quantitative estimate of drug-likeness (QED) is 0.384. The van der Waals surface area contributed by atoms with Gasteiger partial charge in [-0.1, -0.05) is 23.4 Å². The lowest BCUT2D eigenvalue weighted by Crippen LogP contribution is -2.35. The number of rotatable bonds is 2. The van der Waals surface area contributed by atoms with Crippen LogP contribution in [0.4, 0.5) is 11.5 Å². The van der Waals surface area contributed by atoms with Crippen molar-refractivity contribution < 1.29 is 5.21 Å². The van der Waals surface area contributed by atoms with Crippen molar-refractivity contribution in [3.8, 4) is 0 Å². The molecule has 21 heavy (non-hydrogen) atoms. The Labute approximate surface area is 123 Å². The maximum Gasteiger partial charge on any atom is 0.173 e. The van der Waals surface area contributed by atoms with Gasteiger partial charge in [0.25, 0.3) is 0 Å². The minimum absolute atomic E-state index is 0.0772. The first-order valence-electron chi connectivity index (χ1n) is 7.02. The van der Waals surface area contributed by atoms with Crippen molar-refractivity contribution in [3.05, 3.63) is 53.7 Å². The molecule has 5 heteroatoms. The van der Waals surface area contributed by atoms with E-state index in [-0.39, 0.29) is 5.84 Å². The molecule has 2 heterocycles. The number of aromatic nitrogens is 1. The number of nitrogens with two attached hydrogens (primary N) is 1. The second-order valence-corrected chi connectivity index (χ2v) is 5.25. The zero-order valence-electron chi connectivity index (χ0n) is 11.9. The predicted octanol–water partition coefficient (Wildman–Crippen LogP) is 2.65. The highest BCUT2D eigenvalue weighted by Gasteiger charge is 2.27. The molecule has 1 aliphatic rings. The highest BCUT2D eigenvalue weighted by atomic mass is 16.4. The Kier molecular flexibility index (Phi) is 3.48. The van der Waals surface area contributed by atoms with Gasteiger partial charge in [-0.25, -0.2) is 4.98 Å². The van der Waals surface area contributed by atoms with Crippen LogP contribution in [0.3, 0.4) is 0 Å². The summed E-state index contributed by atoms with van der Waals surface area (Å²) in [6.45, 7) is 2.17. The number of benzene rings is 1. The first-order valence-corrected chi connectivity index (χ1v) is 7.02. The standard InChI is InChI=1S/C16H18N4O/c1-11-8-9-12-5-2-3-7-14(12)20(11)16-13(15(17)19-21)6-4-10-18-16/h2-7,10-11,21H,8-9H2,1H3,(H2,17,19). The van der Waals surface area contributed by atoms with E-state index >= 15 is 0 Å². The van der Waals surface area contributed by atoms with Crippen molar-refractivity contribution in [2.24, 2.45) is 10.9 Å². The van der Waals surface area contributed by atoms with E-state index in [2.05, 4.69) is 40.2 Å². The summed E-state index contributed by atoms with van der Waals surface area (Å²) < 4.78 is 0. The van der Waals surface area contributed by atoms with Gasteiger partial charge in [-0.3, -0.25) is 0 Å². The van der Waals surface area contributed by atoms with Gasteiger partial charge in [-0.15, -0.1) is 0 Å². The van der Waals surface area contributed by atoms with Gasteiger partial charge >= 0.3 is 0 Å². The number of hydrogen-bond acceptors (Lipinski definition) is 4. The molecule has 0 saturated heterocycles. The summed E-state index contributed by atoms with van der Waals surface area (Å²) >= 11 is 0. The Morgan fingerprint density at radius 2 is 2.14 bits per heavy atom. The minimum Gasteiger partial charge on any atom is -0.409 e. The average molecular weight is 282 g/mol. The summed E-state index contributed by atoms with van der Waals surface area (Å²) in [5, 5.41) is 12.1. The normalized spacial score (nSPS) is 18.4. The Hall–Kier alpha value is -2.56. The molecule has 1 unspecified atom stereocenters. The first-order chi connectivity index (χ1) is 10.2. The van der Waals surface area contributed by atoms with E-state index in [4.69, 9.17) is 10.9 Å². The molecule has 1 aromatic heterocycles. The highest BCUT2D eigenvalue weighted by Crippen LogP contribution is 2.36. The lowest BCUT2D eigenvalue weighted by Gasteiger charge is -2.37. The van der Waals surface area contributed by atoms with Crippen molar-refractivity contribution in [1.82, 2.24) is 4.98 Å². The highest BCUT2D eigenvalue weighted by molar-refractivity contribution is 6.02. The van der Waals surface area contributed by atoms with E-state index in [1.54, 1.807) is 12.3 Å². The van der Waals surface area contributed by atoms with Crippen molar-refractivity contribution in [1.29, 1.82) is 0 Å². The maximum atomic E-state index is 8.99. The Morgan fingerprint density at radius 1 is 1.33 bits per heavy atom. The molecule has 0 spiro atoms. The summed E-state index contributed by atoms with van der Waals surface area (Å²) in [7, 11) is 0. The first kappa shape index (κ1) is 13.4. The van der Waals surface area contributed by atoms with Gasteiger partial charge in [0, 0.05) is 17.9 Å². The molecule has 3 rings (SSSR count). The van der Waals surface area contributed by atoms with E-state index < -0.39 is 0 Å². The fourth-order valence-electron chi connectivity index (χ4n) is 2.85. The molecule has 3 N–H and O–H groups in total. The summed E-state index contributed by atoms with van der Waals surface area (Å²) in [6, 6.07) is 12.2. The summed E-state index contributed by atoms with van der Waals surface area (Å²) in [5.41, 5.74) is 8.88. The number of fused-ring (bicyclic) bond motifs is 1. The molecule has 0 aliphatic carbocycles. The predicted molar refractivity (Wildman–Crippen MR) is 83.1 cm³/mol. The van der Waals surface area contributed by atoms with Crippen molar-refractivity contribution in [2.75, 3.05) is 4.90 Å². The van der Waals surface area contributed by atoms with E-state index in [1.807, 2.05) is 12.1 Å². The number of pyridine rings is 1. The SMILES string of the molecule is CC1CCc2ccccc2N1c1ncccc1/C(N)=N/O. The summed E-state index contributed by atoms with van der Waals surface area (Å²) in [4.78, 5) is 6.65. The van der Waals surface area contributed by atoms with Crippen LogP contribution in [0.5, 0.6) is 0 Å². The van der Waals surface area contributed by atoms with Gasteiger partial charge in [0.2, 0.25) is 0 Å². The number of nitrogens with zero attached hydrogens (tertiary/aromatic N) is 3. The average Bonchev–Trinajstić information content (AvgIpc) is 2.54. The van der Waals surface area contributed by atoms with E-state index in [9.17, 15) is 0 Å². The third kappa shape index (κ3) is 2.31. The molecule has 0 bridgehead atoms. The molecular formula is C16H18N4O. The second kappa shape index (κ2) is 5.44. The molecule has 5 nitrogen and oxygen atoms in total. The number of oxime groups is 1. The van der Waals surface area contributed by atoms with Crippen LogP contribution in [0.15, 0.2) is 47.8 Å². The number of para-hydroxylation sites is 1. The molecular weight excluding hydrogens is 264 g/mol. The van der Waals surface area contributed by atoms with Crippen LogP contribution >= 0.6 is 0 Å². The molecule has 0 fully saturated rings. The van der Waals surface area contributed by atoms with Crippen LogP contribution in [-0.2, 0) is 6.42 Å². The van der Waals surface area contributed by atoms with Gasteiger partial charge in [0.05, 0.1) is 5.56 Å². The zero-order valence-corrected chi connectivity index (χ0v) is 11.9. The van der Waals surface area contributed by atoms with Crippen LogP contribution in [0.1, 0.15) is 24.5 Å². The Morgan fingerprint density at radius 3 is 2.95 bits per heavy atom. The monoisotopic (exact) mass is 282 g/mol. The van der Waals surface area contributed by atoms with Gasteiger partial charge in [-0.2, -0.15) is 0 Å². The van der Waals surface area contributed by atoms with Crippen LogP contribution in [-0.4, -0.2) is 22.1 Å². The zero-order chi connectivity index (χ0) is 14.8. The van der Waals surface area contributed by atoms with Gasteiger partial charge in [0.15, 0.2) is 5.84 Å². The van der Waals surface area contributed by atoms with Crippen LogP contribution in [0.25, 0.3) is 0 Å². The molecule has 0 amide bonds. The molecule has 0 saturated carbocycles. The van der Waals surface area contributed by atoms with Crippen LogP contribution < -0.4 is 10.6 Å². The fourth-order valence-corrected chi connectivity index (χ4v) is 2.85. The molecule has 1 aliphatic heterocycles. The summed E-state index contributed by atoms with van der Waals surface area (Å²) in [5.74, 6) is 0.806. The number of hydrogen-bond donors (Lipinski definition) is 2. The maximum absolute atomic E-state index is 8.99. The second-order valence-electron chi connectivity index (χ2n) is 5.25. The van der Waals surface area contributed by atoms with Crippen molar-refractivity contribution in [3.63, 3.8) is 0 Å². The van der Waals surface area contributed by atoms with Gasteiger partial charge in [0.1, 0.15) is 5.82 Å². The molecule has 108 valence electrons. The summed E-state index contributed by atoms with van der Waals surface area (Å²) in [6.07, 6.45) is 3.83. The fraction of sp³-hybridized carbons (Fsp3) is 0.250. The third-order valence-electron chi connectivity index (χ3n) is 3.92. The van der Waals surface area contributed by atoms with Crippen molar-refractivity contribution in [2.45, 2.75) is 25.8 Å². The Bertz CT molecular complexity index is 683. The van der Waals surface area contributed by atoms with Crippen LogP contribution in [0.2, 0.25) is 0 Å². The molecule has 2 aromatic rings. The molecule has 0 radical (unpaired) electrons. The topological polar surface area (TPSA) is 74.7 Å². The smallest absolute Gasteiger partial charge is 0.173 e. The lowest BCUT2D eigenvalue weighted by molar-refractivity contribution is 0.318. The lowest BCUT2D eigenvalue weighted by atomic mass is 9.96. The van der Waals surface area contributed by atoms with Crippen LogP contribution in [0, 0.1) is 0 Å². The molecule has 1 atom stereocenters. The largest absolute Gasteiger partial charge is 0.409 e. The third-order valence-corrected chi connectivity index (χ3v) is 3.92.